The molecule has 6 unspecified atom stereocenters. The first-order valence-corrected chi connectivity index (χ1v) is 15.7. The number of nitrogens with zero attached hydrogens (tertiary/aromatic N) is 2. The Kier molecular flexibility index (Phi) is 6.28. The fraction of sp³-hybridized carbons (Fsp3) is 0.237. The van der Waals surface area contributed by atoms with Crippen molar-refractivity contribution in [3.8, 4) is 5.75 Å². The predicted octanol–water partition coefficient (Wildman–Crippen LogP) is 5.68. The first-order chi connectivity index (χ1) is 22.6. The van der Waals surface area contributed by atoms with E-state index in [0.29, 0.717) is 16.6 Å². The van der Waals surface area contributed by atoms with Crippen LogP contribution in [0.1, 0.15) is 41.6 Å². The van der Waals surface area contributed by atoms with Gasteiger partial charge in [0.15, 0.2) is 0 Å². The van der Waals surface area contributed by atoms with Crippen LogP contribution in [-0.2, 0) is 19.2 Å². The number of fused-ring (bicyclic) bond motifs is 5. The topological polar surface area (TPSA) is 132 Å². The average molecular weight is 627 g/mol. The van der Waals surface area contributed by atoms with Crippen LogP contribution < -0.4 is 9.80 Å². The number of rotatable bonds is 4. The smallest absolute Gasteiger partial charge is 0.335 e. The summed E-state index contributed by atoms with van der Waals surface area (Å²) in [6, 6.07) is 25.6. The fourth-order valence-corrected chi connectivity index (χ4v) is 8.72. The SMILES string of the molecule is CC12C(=O)N(c3ccccc3)C(=O)C1CC1C(=CCC3C(=O)N(c4cccc(C(=O)O)c4)C(=O)C31)C2c1ccc2ccccc2c1O. The predicted molar refractivity (Wildman–Crippen MR) is 173 cm³/mol. The van der Waals surface area contributed by atoms with Gasteiger partial charge in [-0.15, -0.1) is 0 Å². The summed E-state index contributed by atoms with van der Waals surface area (Å²) in [5, 5.41) is 22.8. The van der Waals surface area contributed by atoms with E-state index in [2.05, 4.69) is 0 Å². The minimum Gasteiger partial charge on any atom is -0.507 e. The number of aromatic hydroxyl groups is 1. The maximum Gasteiger partial charge on any atom is 0.335 e. The molecule has 9 nitrogen and oxygen atoms in total. The Balaban J connectivity index is 1.29. The lowest BCUT2D eigenvalue weighted by molar-refractivity contribution is -0.131. The second kappa shape index (κ2) is 10.2. The Hall–Kier alpha value is -5.57. The average Bonchev–Trinajstić information content (AvgIpc) is 3.45. The highest BCUT2D eigenvalue weighted by atomic mass is 16.4. The number of allylic oxidation sites excluding steroid dienone is 2. The van der Waals surface area contributed by atoms with Crippen LogP contribution in [0.4, 0.5) is 11.4 Å². The Labute approximate surface area is 269 Å². The number of carboxylic acids is 1. The molecule has 4 aromatic carbocycles. The zero-order valence-corrected chi connectivity index (χ0v) is 25.4. The van der Waals surface area contributed by atoms with E-state index in [1.165, 1.54) is 23.1 Å². The van der Waals surface area contributed by atoms with Gasteiger partial charge in [0.2, 0.25) is 23.6 Å². The van der Waals surface area contributed by atoms with Crippen LogP contribution in [0.5, 0.6) is 5.75 Å². The van der Waals surface area contributed by atoms with E-state index in [9.17, 15) is 34.2 Å². The molecule has 1 saturated carbocycles. The van der Waals surface area contributed by atoms with Crippen LogP contribution >= 0.6 is 0 Å². The quantitative estimate of drug-likeness (QED) is 0.220. The van der Waals surface area contributed by atoms with E-state index in [1.807, 2.05) is 30.3 Å². The van der Waals surface area contributed by atoms with Crippen molar-refractivity contribution >= 4 is 51.7 Å². The number of phenolic OH excluding ortho intramolecular Hbond substituents is 1. The summed E-state index contributed by atoms with van der Waals surface area (Å²) >= 11 is 0. The molecule has 2 heterocycles. The van der Waals surface area contributed by atoms with Crippen molar-refractivity contribution in [2.45, 2.75) is 25.7 Å². The molecule has 47 heavy (non-hydrogen) atoms. The number of hydrogen-bond acceptors (Lipinski definition) is 6. The maximum atomic E-state index is 14.6. The van der Waals surface area contributed by atoms with Gasteiger partial charge >= 0.3 is 5.97 Å². The van der Waals surface area contributed by atoms with Crippen molar-refractivity contribution in [3.05, 3.63) is 114 Å². The number of aromatic carboxylic acids is 1. The van der Waals surface area contributed by atoms with Gasteiger partial charge < -0.3 is 10.2 Å². The number of phenols is 1. The minimum atomic E-state index is -1.29. The molecule has 3 fully saturated rings. The highest BCUT2D eigenvalue weighted by molar-refractivity contribution is 6.25. The van der Waals surface area contributed by atoms with Crippen LogP contribution in [-0.4, -0.2) is 39.8 Å². The monoisotopic (exact) mass is 626 g/mol. The van der Waals surface area contributed by atoms with Gasteiger partial charge in [-0.3, -0.25) is 24.1 Å². The number of carbonyl (C=O) groups is 5. The summed E-state index contributed by atoms with van der Waals surface area (Å²) < 4.78 is 0. The summed E-state index contributed by atoms with van der Waals surface area (Å²) in [6.07, 6.45) is 2.33. The number of benzene rings is 4. The molecule has 0 aromatic heterocycles. The summed E-state index contributed by atoms with van der Waals surface area (Å²) in [7, 11) is 0. The first kappa shape index (κ1) is 28.9. The zero-order chi connectivity index (χ0) is 32.8. The lowest BCUT2D eigenvalue weighted by Gasteiger charge is -2.49. The molecule has 6 atom stereocenters. The van der Waals surface area contributed by atoms with E-state index >= 15 is 0 Å². The molecular formula is C38H30N2O7. The van der Waals surface area contributed by atoms with E-state index in [-0.39, 0.29) is 41.7 Å². The van der Waals surface area contributed by atoms with Crippen LogP contribution in [0.15, 0.2) is 103 Å². The van der Waals surface area contributed by atoms with Gasteiger partial charge in [0.1, 0.15) is 5.75 Å². The first-order valence-electron chi connectivity index (χ1n) is 15.7. The van der Waals surface area contributed by atoms with Crippen LogP contribution in [0.3, 0.4) is 0 Å². The Morgan fingerprint density at radius 3 is 2.28 bits per heavy atom. The Bertz CT molecular complexity index is 2090. The molecule has 4 amide bonds. The van der Waals surface area contributed by atoms with Gasteiger partial charge in [-0.25, -0.2) is 9.69 Å². The maximum absolute atomic E-state index is 14.6. The highest BCUT2D eigenvalue weighted by Crippen LogP contribution is 2.64. The van der Waals surface area contributed by atoms with Gasteiger partial charge in [0, 0.05) is 16.9 Å². The van der Waals surface area contributed by atoms with Crippen LogP contribution in [0, 0.1) is 29.1 Å². The number of amides is 4. The van der Waals surface area contributed by atoms with Crippen molar-refractivity contribution in [2.24, 2.45) is 29.1 Å². The zero-order valence-electron chi connectivity index (χ0n) is 25.4. The molecule has 234 valence electrons. The molecule has 0 spiro atoms. The Morgan fingerprint density at radius 2 is 1.51 bits per heavy atom. The summed E-state index contributed by atoms with van der Waals surface area (Å²) in [5.41, 5.74) is 0.545. The third kappa shape index (κ3) is 3.92. The van der Waals surface area contributed by atoms with E-state index in [1.54, 1.807) is 55.5 Å². The summed E-state index contributed by atoms with van der Waals surface area (Å²) in [4.78, 5) is 71.1. The fourth-order valence-electron chi connectivity index (χ4n) is 8.72. The molecule has 2 N–H and O–H groups in total. The Morgan fingerprint density at radius 1 is 0.787 bits per heavy atom. The molecule has 9 heteroatoms. The van der Waals surface area contributed by atoms with Crippen LogP contribution in [0.2, 0.25) is 0 Å². The molecule has 8 rings (SSSR count). The molecule has 2 aliphatic carbocycles. The molecule has 0 radical (unpaired) electrons. The van der Waals surface area contributed by atoms with Crippen molar-refractivity contribution in [2.75, 3.05) is 9.80 Å². The van der Waals surface area contributed by atoms with E-state index in [0.717, 1.165) is 15.9 Å². The second-order valence-corrected chi connectivity index (χ2v) is 13.1. The molecule has 0 bridgehead atoms. The number of carboxylic acid groups (broad SMARTS) is 1. The van der Waals surface area contributed by atoms with Gasteiger partial charge in [-0.2, -0.15) is 0 Å². The van der Waals surface area contributed by atoms with E-state index in [4.69, 9.17) is 0 Å². The highest BCUT2D eigenvalue weighted by Gasteiger charge is 2.68. The van der Waals surface area contributed by atoms with Gasteiger partial charge in [-0.1, -0.05) is 72.3 Å². The molecule has 4 aromatic rings. The molecule has 2 aliphatic heterocycles. The number of carbonyl (C=O) groups excluding carboxylic acids is 4. The third-order valence-corrected chi connectivity index (χ3v) is 10.9. The number of anilines is 2. The van der Waals surface area contributed by atoms with Crippen molar-refractivity contribution in [3.63, 3.8) is 0 Å². The molecule has 4 aliphatic rings. The largest absolute Gasteiger partial charge is 0.507 e. The van der Waals surface area contributed by atoms with Gasteiger partial charge in [0.05, 0.1) is 40.1 Å². The van der Waals surface area contributed by atoms with Crippen molar-refractivity contribution < 1.29 is 34.2 Å². The minimum absolute atomic E-state index is 0.0103. The van der Waals surface area contributed by atoms with E-state index < -0.39 is 52.8 Å². The number of para-hydroxylation sites is 1. The normalized spacial score (nSPS) is 28.3. The molecule has 2 saturated heterocycles. The standard InChI is InChI=1S/C38H30N2O7/c1-38-29(34(43)40(37(38)47)22-10-3-2-4-11-22)19-28-25(31(38)27-15-14-20-8-5-6-13-24(20)32(27)41)16-17-26-30(28)35(44)39(33(26)42)23-12-7-9-21(18-23)36(45)46/h2-16,18,26,28-31,41H,17,19H2,1H3,(H,45,46). The second-order valence-electron chi connectivity index (χ2n) is 13.1. The van der Waals surface area contributed by atoms with Gasteiger partial charge in [-0.05, 0) is 61.4 Å². The summed E-state index contributed by atoms with van der Waals surface area (Å²) in [5.74, 6) is -6.49. The van der Waals surface area contributed by atoms with Crippen LogP contribution in [0.25, 0.3) is 10.8 Å². The number of imide groups is 2. The number of hydrogen-bond donors (Lipinski definition) is 2. The lowest BCUT2D eigenvalue weighted by Crippen LogP contribution is -2.48. The van der Waals surface area contributed by atoms with Crippen molar-refractivity contribution in [1.82, 2.24) is 0 Å². The lowest BCUT2D eigenvalue weighted by atomic mass is 9.51. The third-order valence-electron chi connectivity index (χ3n) is 10.9. The summed E-state index contributed by atoms with van der Waals surface area (Å²) in [6.45, 7) is 1.79. The van der Waals surface area contributed by atoms with Gasteiger partial charge in [0.25, 0.3) is 0 Å². The molecular weight excluding hydrogens is 596 g/mol. The van der Waals surface area contributed by atoms with Crippen molar-refractivity contribution in [1.29, 1.82) is 0 Å².